The van der Waals surface area contributed by atoms with Gasteiger partial charge in [0.2, 0.25) is 5.91 Å². The van der Waals surface area contributed by atoms with E-state index in [1.165, 1.54) is 6.42 Å². The Bertz CT molecular complexity index is 616. The van der Waals surface area contributed by atoms with Gasteiger partial charge in [-0.15, -0.1) is 0 Å². The number of amides is 2. The highest BCUT2D eigenvalue weighted by Gasteiger charge is 2.24. The third-order valence-corrected chi connectivity index (χ3v) is 4.43. The predicted octanol–water partition coefficient (Wildman–Crippen LogP) is 2.66. The molecule has 1 aromatic carbocycles. The first-order chi connectivity index (χ1) is 11.4. The van der Waals surface area contributed by atoms with Crippen LogP contribution in [0.3, 0.4) is 0 Å². The minimum atomic E-state index is -1.02. The number of carbonyl (C=O) groups excluding carboxylic acids is 2. The van der Waals surface area contributed by atoms with E-state index in [1.807, 2.05) is 6.92 Å². The summed E-state index contributed by atoms with van der Waals surface area (Å²) in [5, 5.41) is 2.65. The molecule has 0 unspecified atom stereocenters. The summed E-state index contributed by atoms with van der Waals surface area (Å²) >= 11 is 0. The monoisotopic (exact) mass is 339 g/mol. The first kappa shape index (κ1) is 18.2. The molecule has 132 valence electrons. The number of benzene rings is 1. The van der Waals surface area contributed by atoms with Gasteiger partial charge in [0.1, 0.15) is 11.6 Å². The van der Waals surface area contributed by atoms with Crippen molar-refractivity contribution in [1.82, 2.24) is 4.90 Å². The number of likely N-dealkylation sites (N-methyl/N-ethyl adjacent to an activating group) is 1. The van der Waals surface area contributed by atoms with Gasteiger partial charge in [0.15, 0.2) is 0 Å². The van der Waals surface area contributed by atoms with E-state index in [1.54, 1.807) is 4.90 Å². The molecule has 1 aliphatic carbocycles. The molecule has 2 rings (SSSR count). The van der Waals surface area contributed by atoms with Gasteiger partial charge in [-0.1, -0.05) is 19.3 Å². The number of nitrogens with zero attached hydrogens (tertiary/aromatic N) is 1. The van der Waals surface area contributed by atoms with E-state index in [-0.39, 0.29) is 24.2 Å². The number of nitrogens with one attached hydrogen (secondary N) is 1. The van der Waals surface area contributed by atoms with E-state index in [4.69, 9.17) is 5.73 Å². The maximum atomic E-state index is 13.8. The third-order valence-electron chi connectivity index (χ3n) is 4.43. The molecule has 0 radical (unpaired) electrons. The van der Waals surface area contributed by atoms with Crippen molar-refractivity contribution < 1.29 is 18.4 Å². The van der Waals surface area contributed by atoms with E-state index in [9.17, 15) is 18.4 Å². The zero-order valence-electron chi connectivity index (χ0n) is 13.8. The molecule has 24 heavy (non-hydrogen) atoms. The van der Waals surface area contributed by atoms with Crippen LogP contribution in [0, 0.1) is 11.6 Å². The van der Waals surface area contributed by atoms with Gasteiger partial charge in [0, 0.05) is 18.7 Å². The average molecular weight is 339 g/mol. The summed E-state index contributed by atoms with van der Waals surface area (Å²) in [6.07, 6.45) is 5.37. The molecule has 7 heteroatoms. The van der Waals surface area contributed by atoms with Crippen molar-refractivity contribution in [2.24, 2.45) is 5.73 Å². The molecule has 0 heterocycles. The number of halogens is 2. The van der Waals surface area contributed by atoms with Gasteiger partial charge in [-0.2, -0.15) is 0 Å². The Balaban J connectivity index is 2.04. The maximum absolute atomic E-state index is 13.8. The smallest absolute Gasteiger partial charge is 0.251 e. The molecule has 5 nitrogen and oxygen atoms in total. The number of anilines is 1. The number of carbonyl (C=O) groups is 2. The Morgan fingerprint density at radius 1 is 1.21 bits per heavy atom. The van der Waals surface area contributed by atoms with Gasteiger partial charge in [0.25, 0.3) is 5.91 Å². The van der Waals surface area contributed by atoms with E-state index >= 15 is 0 Å². The Labute approximate surface area is 140 Å². The molecular formula is C17H23F2N3O2. The molecule has 0 spiro atoms. The molecule has 0 aromatic heterocycles. The van der Waals surface area contributed by atoms with Gasteiger partial charge in [-0.3, -0.25) is 9.59 Å². The summed E-state index contributed by atoms with van der Waals surface area (Å²) in [5.41, 5.74) is 4.53. The fraction of sp³-hybridized carbons (Fsp3) is 0.529. The van der Waals surface area contributed by atoms with Crippen LogP contribution in [0.1, 0.15) is 49.4 Å². The highest BCUT2D eigenvalue weighted by atomic mass is 19.1. The lowest BCUT2D eigenvalue weighted by molar-refractivity contribution is -0.132. The van der Waals surface area contributed by atoms with Crippen LogP contribution in [0.15, 0.2) is 12.1 Å². The third kappa shape index (κ3) is 4.21. The SMILES string of the molecule is CCN(C(=O)CNc1cc(C(N)=O)c(F)cc1F)C1CCCCC1. The van der Waals surface area contributed by atoms with Crippen molar-refractivity contribution in [3.8, 4) is 0 Å². The van der Waals surface area contributed by atoms with Crippen molar-refractivity contribution in [2.75, 3.05) is 18.4 Å². The Hall–Kier alpha value is -2.18. The van der Waals surface area contributed by atoms with Crippen molar-refractivity contribution in [3.63, 3.8) is 0 Å². The minimum absolute atomic E-state index is 0.113. The maximum Gasteiger partial charge on any atom is 0.251 e. The van der Waals surface area contributed by atoms with Crippen molar-refractivity contribution in [3.05, 3.63) is 29.3 Å². The van der Waals surface area contributed by atoms with Gasteiger partial charge in [-0.05, 0) is 25.8 Å². The number of primary amides is 1. The van der Waals surface area contributed by atoms with Crippen molar-refractivity contribution in [1.29, 1.82) is 0 Å². The molecule has 0 bridgehead atoms. The lowest BCUT2D eigenvalue weighted by Gasteiger charge is -2.33. The number of nitrogens with two attached hydrogens (primary N) is 1. The standard InChI is InChI=1S/C17H23F2N3O2/c1-2-22(11-6-4-3-5-7-11)16(23)10-21-15-8-12(17(20)24)13(18)9-14(15)19/h8-9,11,21H,2-7,10H2,1H3,(H2,20,24). The number of hydrogen-bond acceptors (Lipinski definition) is 3. The normalized spacial score (nSPS) is 15.1. The molecule has 0 atom stereocenters. The number of hydrogen-bond donors (Lipinski definition) is 2. The van der Waals surface area contributed by atoms with Gasteiger partial charge in [-0.25, -0.2) is 8.78 Å². The van der Waals surface area contributed by atoms with Crippen LogP contribution < -0.4 is 11.1 Å². The fourth-order valence-corrected chi connectivity index (χ4v) is 3.18. The Kier molecular flexibility index (Phi) is 6.11. The summed E-state index contributed by atoms with van der Waals surface area (Å²) < 4.78 is 27.3. The van der Waals surface area contributed by atoms with Crippen LogP contribution in [0.2, 0.25) is 0 Å². The van der Waals surface area contributed by atoms with Crippen molar-refractivity contribution >= 4 is 17.5 Å². The van der Waals surface area contributed by atoms with Crippen LogP contribution in [-0.4, -0.2) is 35.8 Å². The molecule has 0 aliphatic heterocycles. The topological polar surface area (TPSA) is 75.4 Å². The summed E-state index contributed by atoms with van der Waals surface area (Å²) in [6, 6.07) is 1.81. The van der Waals surface area contributed by atoms with Gasteiger partial charge < -0.3 is 16.0 Å². The van der Waals surface area contributed by atoms with Crippen LogP contribution in [0.4, 0.5) is 14.5 Å². The molecule has 1 saturated carbocycles. The second kappa shape index (κ2) is 8.08. The average Bonchev–Trinajstić information content (AvgIpc) is 2.55. The lowest BCUT2D eigenvalue weighted by Crippen LogP contribution is -2.44. The lowest BCUT2D eigenvalue weighted by atomic mass is 9.94. The Morgan fingerprint density at radius 2 is 1.88 bits per heavy atom. The molecule has 0 saturated heterocycles. The van der Waals surface area contributed by atoms with Crippen LogP contribution >= 0.6 is 0 Å². The second-order valence-electron chi connectivity index (χ2n) is 6.00. The minimum Gasteiger partial charge on any atom is -0.374 e. The van der Waals surface area contributed by atoms with Crippen LogP contribution in [0.25, 0.3) is 0 Å². The molecule has 1 aromatic rings. The Morgan fingerprint density at radius 3 is 2.46 bits per heavy atom. The highest BCUT2D eigenvalue weighted by molar-refractivity contribution is 5.94. The van der Waals surface area contributed by atoms with Crippen LogP contribution in [-0.2, 0) is 4.79 Å². The first-order valence-corrected chi connectivity index (χ1v) is 8.26. The van der Waals surface area contributed by atoms with E-state index in [0.29, 0.717) is 12.6 Å². The quantitative estimate of drug-likeness (QED) is 0.837. The van der Waals surface area contributed by atoms with E-state index in [0.717, 1.165) is 31.7 Å². The fourth-order valence-electron chi connectivity index (χ4n) is 3.18. The zero-order valence-corrected chi connectivity index (χ0v) is 13.8. The molecule has 3 N–H and O–H groups in total. The zero-order chi connectivity index (χ0) is 17.7. The highest BCUT2D eigenvalue weighted by Crippen LogP contribution is 2.23. The molecule has 2 amide bonds. The van der Waals surface area contributed by atoms with Crippen molar-refractivity contribution in [2.45, 2.75) is 45.1 Å². The molecule has 1 fully saturated rings. The first-order valence-electron chi connectivity index (χ1n) is 8.26. The predicted molar refractivity (Wildman–Crippen MR) is 87.6 cm³/mol. The van der Waals surface area contributed by atoms with Gasteiger partial charge in [0.05, 0.1) is 17.8 Å². The summed E-state index contributed by atoms with van der Waals surface area (Å²) in [7, 11) is 0. The summed E-state index contributed by atoms with van der Waals surface area (Å²) in [6.45, 7) is 2.38. The second-order valence-corrected chi connectivity index (χ2v) is 6.00. The number of rotatable bonds is 6. The molecular weight excluding hydrogens is 316 g/mol. The summed E-state index contributed by atoms with van der Waals surface area (Å²) in [4.78, 5) is 25.4. The molecule has 1 aliphatic rings. The van der Waals surface area contributed by atoms with Gasteiger partial charge >= 0.3 is 0 Å². The van der Waals surface area contributed by atoms with Crippen LogP contribution in [0.5, 0.6) is 0 Å². The largest absolute Gasteiger partial charge is 0.374 e. The summed E-state index contributed by atoms with van der Waals surface area (Å²) in [5.74, 6) is -3.02. The van der Waals surface area contributed by atoms with E-state index < -0.39 is 23.1 Å². The van der Waals surface area contributed by atoms with E-state index in [2.05, 4.69) is 5.32 Å².